The third kappa shape index (κ3) is 3.35. The third-order valence-electron chi connectivity index (χ3n) is 3.84. The molecule has 2 N–H and O–H groups in total. The molecule has 1 aliphatic rings. The predicted molar refractivity (Wildman–Crippen MR) is 76.3 cm³/mol. The fraction of sp³-hybridized carbons (Fsp3) is 0.714. The molecule has 1 aromatic rings. The van der Waals surface area contributed by atoms with Crippen LogP contribution in [0.4, 0.5) is 5.82 Å². The first-order chi connectivity index (χ1) is 9.11. The van der Waals surface area contributed by atoms with Gasteiger partial charge in [-0.05, 0) is 33.4 Å². The summed E-state index contributed by atoms with van der Waals surface area (Å²) in [4.78, 5) is 11.0. The number of hydrogen-bond donors (Lipinski definition) is 1. The van der Waals surface area contributed by atoms with Crippen molar-refractivity contribution >= 4 is 5.82 Å². The number of nitrogens with zero attached hydrogens (tertiary/aromatic N) is 3. The Morgan fingerprint density at radius 2 is 2.16 bits per heavy atom. The van der Waals surface area contributed by atoms with Crippen molar-refractivity contribution in [3.8, 4) is 5.88 Å². The standard InChI is InChI=1S/C14H24N4O/c1-4-12-16-13(15)10(2)14(17-12)19-9-11-7-5-6-8-18(11)3/h11H,4-9H2,1-3H3,(H2,15,16,17). The van der Waals surface area contributed by atoms with E-state index in [4.69, 9.17) is 10.5 Å². The first-order valence-electron chi connectivity index (χ1n) is 7.07. The van der Waals surface area contributed by atoms with Crippen LogP contribution in [0.5, 0.6) is 5.88 Å². The van der Waals surface area contributed by atoms with E-state index in [0.29, 0.717) is 24.3 Å². The number of nitrogens with two attached hydrogens (primary N) is 1. The van der Waals surface area contributed by atoms with E-state index in [1.165, 1.54) is 19.3 Å². The Labute approximate surface area is 115 Å². The van der Waals surface area contributed by atoms with E-state index < -0.39 is 0 Å². The van der Waals surface area contributed by atoms with Crippen molar-refractivity contribution in [1.29, 1.82) is 0 Å². The van der Waals surface area contributed by atoms with E-state index >= 15 is 0 Å². The summed E-state index contributed by atoms with van der Waals surface area (Å²) in [6.45, 7) is 5.76. The summed E-state index contributed by atoms with van der Waals surface area (Å²) >= 11 is 0. The Morgan fingerprint density at radius 1 is 1.37 bits per heavy atom. The lowest BCUT2D eigenvalue weighted by Gasteiger charge is -2.32. The summed E-state index contributed by atoms with van der Waals surface area (Å²) in [5.74, 6) is 1.91. The summed E-state index contributed by atoms with van der Waals surface area (Å²) in [7, 11) is 2.16. The van der Waals surface area contributed by atoms with Gasteiger partial charge in [0.25, 0.3) is 0 Å². The van der Waals surface area contributed by atoms with Gasteiger partial charge < -0.3 is 15.4 Å². The molecule has 19 heavy (non-hydrogen) atoms. The molecular formula is C14H24N4O. The quantitative estimate of drug-likeness (QED) is 0.898. The summed E-state index contributed by atoms with van der Waals surface area (Å²) in [5, 5.41) is 0. The molecular weight excluding hydrogens is 240 g/mol. The van der Waals surface area contributed by atoms with Gasteiger partial charge in [-0.3, -0.25) is 0 Å². The third-order valence-corrected chi connectivity index (χ3v) is 3.84. The van der Waals surface area contributed by atoms with Crippen LogP contribution in [-0.4, -0.2) is 41.1 Å². The second kappa shape index (κ2) is 6.19. The molecule has 5 heteroatoms. The average molecular weight is 264 g/mol. The molecule has 1 saturated heterocycles. The Hall–Kier alpha value is -1.36. The van der Waals surface area contributed by atoms with Crippen molar-refractivity contribution in [3.63, 3.8) is 0 Å². The van der Waals surface area contributed by atoms with Gasteiger partial charge >= 0.3 is 0 Å². The zero-order chi connectivity index (χ0) is 13.8. The lowest BCUT2D eigenvalue weighted by atomic mass is 10.0. The van der Waals surface area contributed by atoms with Gasteiger partial charge in [0.05, 0.1) is 5.56 Å². The lowest BCUT2D eigenvalue weighted by molar-refractivity contribution is 0.122. The van der Waals surface area contributed by atoms with E-state index in [2.05, 4.69) is 21.9 Å². The second-order valence-corrected chi connectivity index (χ2v) is 5.25. The molecule has 1 fully saturated rings. The van der Waals surface area contributed by atoms with Crippen molar-refractivity contribution in [2.24, 2.45) is 0 Å². The number of likely N-dealkylation sites (tertiary alicyclic amines) is 1. The Balaban J connectivity index is 2.04. The van der Waals surface area contributed by atoms with Crippen LogP contribution < -0.4 is 10.5 Å². The zero-order valence-electron chi connectivity index (χ0n) is 12.1. The smallest absolute Gasteiger partial charge is 0.221 e. The molecule has 1 atom stereocenters. The van der Waals surface area contributed by atoms with Gasteiger partial charge in [-0.2, -0.15) is 4.98 Å². The highest BCUT2D eigenvalue weighted by Gasteiger charge is 2.20. The maximum absolute atomic E-state index is 5.90. The summed E-state index contributed by atoms with van der Waals surface area (Å²) in [6.07, 6.45) is 4.52. The predicted octanol–water partition coefficient (Wildman–Crippen LogP) is 1.79. The monoisotopic (exact) mass is 264 g/mol. The lowest BCUT2D eigenvalue weighted by Crippen LogP contribution is -2.40. The number of likely N-dealkylation sites (N-methyl/N-ethyl adjacent to an activating group) is 1. The van der Waals surface area contributed by atoms with Crippen LogP contribution in [0.3, 0.4) is 0 Å². The van der Waals surface area contributed by atoms with E-state index in [-0.39, 0.29) is 0 Å². The van der Waals surface area contributed by atoms with Gasteiger partial charge in [0.2, 0.25) is 5.88 Å². The molecule has 0 radical (unpaired) electrons. The number of aromatic nitrogens is 2. The van der Waals surface area contributed by atoms with Crippen LogP contribution in [0.25, 0.3) is 0 Å². The average Bonchev–Trinajstić information content (AvgIpc) is 2.42. The van der Waals surface area contributed by atoms with Crippen LogP contribution in [0.15, 0.2) is 0 Å². The summed E-state index contributed by atoms with van der Waals surface area (Å²) in [6, 6.07) is 0.481. The largest absolute Gasteiger partial charge is 0.476 e. The molecule has 0 aliphatic carbocycles. The fourth-order valence-corrected chi connectivity index (χ4v) is 2.39. The second-order valence-electron chi connectivity index (χ2n) is 5.25. The first kappa shape index (κ1) is 14.1. The van der Waals surface area contributed by atoms with Crippen LogP contribution in [0.2, 0.25) is 0 Å². The van der Waals surface area contributed by atoms with Crippen LogP contribution in [0, 0.1) is 6.92 Å². The minimum Gasteiger partial charge on any atom is -0.476 e. The van der Waals surface area contributed by atoms with Crippen molar-refractivity contribution in [3.05, 3.63) is 11.4 Å². The number of piperidine rings is 1. The Morgan fingerprint density at radius 3 is 2.84 bits per heavy atom. The molecule has 0 amide bonds. The van der Waals surface area contributed by atoms with Crippen molar-refractivity contribution < 1.29 is 4.74 Å². The van der Waals surface area contributed by atoms with Gasteiger partial charge in [-0.1, -0.05) is 13.3 Å². The molecule has 0 saturated carbocycles. The number of ether oxygens (including phenoxy) is 1. The molecule has 0 aromatic carbocycles. The molecule has 106 valence electrons. The first-order valence-corrected chi connectivity index (χ1v) is 7.07. The number of anilines is 1. The van der Waals surface area contributed by atoms with Crippen molar-refractivity contribution in [2.45, 2.75) is 45.6 Å². The molecule has 1 aromatic heterocycles. The van der Waals surface area contributed by atoms with Gasteiger partial charge in [-0.15, -0.1) is 0 Å². The minimum absolute atomic E-state index is 0.481. The number of aryl methyl sites for hydroxylation is 1. The SMILES string of the molecule is CCc1nc(N)c(C)c(OCC2CCCCN2C)n1. The summed E-state index contributed by atoms with van der Waals surface area (Å²) < 4.78 is 5.90. The molecule has 2 heterocycles. The number of nitrogen functional groups attached to an aromatic ring is 1. The van der Waals surface area contributed by atoms with Crippen LogP contribution in [0.1, 0.15) is 37.6 Å². The highest BCUT2D eigenvalue weighted by molar-refractivity contribution is 5.44. The maximum atomic E-state index is 5.90. The zero-order valence-corrected chi connectivity index (χ0v) is 12.1. The molecule has 0 spiro atoms. The highest BCUT2D eigenvalue weighted by atomic mass is 16.5. The Kier molecular flexibility index (Phi) is 4.58. The fourth-order valence-electron chi connectivity index (χ4n) is 2.39. The molecule has 1 aliphatic heterocycles. The number of hydrogen-bond acceptors (Lipinski definition) is 5. The van der Waals surface area contributed by atoms with E-state index in [9.17, 15) is 0 Å². The molecule has 2 rings (SSSR count). The highest BCUT2D eigenvalue weighted by Crippen LogP contribution is 2.22. The molecule has 1 unspecified atom stereocenters. The van der Waals surface area contributed by atoms with Crippen molar-refractivity contribution in [1.82, 2.24) is 14.9 Å². The van der Waals surface area contributed by atoms with E-state index in [1.54, 1.807) is 0 Å². The number of rotatable bonds is 4. The van der Waals surface area contributed by atoms with E-state index in [1.807, 2.05) is 13.8 Å². The molecule has 0 bridgehead atoms. The van der Waals surface area contributed by atoms with Crippen LogP contribution >= 0.6 is 0 Å². The normalized spacial score (nSPS) is 20.5. The topological polar surface area (TPSA) is 64.3 Å². The van der Waals surface area contributed by atoms with Crippen LogP contribution in [-0.2, 0) is 6.42 Å². The Bertz CT molecular complexity index is 436. The minimum atomic E-state index is 0.481. The van der Waals surface area contributed by atoms with Crippen molar-refractivity contribution in [2.75, 3.05) is 25.9 Å². The van der Waals surface area contributed by atoms with Gasteiger partial charge in [0, 0.05) is 12.5 Å². The van der Waals surface area contributed by atoms with Gasteiger partial charge in [0.15, 0.2) is 0 Å². The molecule has 5 nitrogen and oxygen atoms in total. The van der Waals surface area contributed by atoms with Gasteiger partial charge in [-0.25, -0.2) is 4.98 Å². The van der Waals surface area contributed by atoms with E-state index in [0.717, 1.165) is 24.4 Å². The maximum Gasteiger partial charge on any atom is 0.221 e. The summed E-state index contributed by atoms with van der Waals surface area (Å²) in [5.41, 5.74) is 6.73. The van der Waals surface area contributed by atoms with Gasteiger partial charge in [0.1, 0.15) is 18.2 Å².